The number of pyridine rings is 1. The fraction of sp³-hybridized carbons (Fsp3) is 0.267. The van der Waals surface area contributed by atoms with Crippen molar-refractivity contribution in [2.24, 2.45) is 0 Å². The van der Waals surface area contributed by atoms with Crippen LogP contribution in [0.3, 0.4) is 0 Å². The maximum absolute atomic E-state index is 10.9. The number of hydrogen-bond donors (Lipinski definition) is 0. The summed E-state index contributed by atoms with van der Waals surface area (Å²) in [6.45, 7) is 1.19. The summed E-state index contributed by atoms with van der Waals surface area (Å²) in [5.41, 5.74) is 0.720. The minimum atomic E-state index is -0.587. The second-order valence-electron chi connectivity index (χ2n) is 4.83. The van der Waals surface area contributed by atoms with Crippen molar-refractivity contribution in [1.82, 2.24) is 4.98 Å². The fourth-order valence-corrected chi connectivity index (χ4v) is 2.45. The van der Waals surface area contributed by atoms with E-state index in [-0.39, 0.29) is 18.2 Å². The number of fused-ring (bicyclic) bond motifs is 1. The van der Waals surface area contributed by atoms with Crippen LogP contribution in [0, 0.1) is 10.1 Å². The Morgan fingerprint density at radius 3 is 3.00 bits per heavy atom. The zero-order valence-electron chi connectivity index (χ0n) is 12.0. The van der Waals surface area contributed by atoms with E-state index in [0.717, 1.165) is 12.0 Å². The van der Waals surface area contributed by atoms with Gasteiger partial charge in [-0.05, 0) is 39.7 Å². The third kappa shape index (κ3) is 3.45. The smallest absolute Gasteiger partial charge is 0.406 e. The van der Waals surface area contributed by atoms with Gasteiger partial charge in [-0.15, -0.1) is 0 Å². The van der Waals surface area contributed by atoms with E-state index in [1.807, 2.05) is 0 Å². The summed E-state index contributed by atoms with van der Waals surface area (Å²) in [6.07, 6.45) is 2.12. The predicted octanol–water partition coefficient (Wildman–Crippen LogP) is 3.38. The van der Waals surface area contributed by atoms with E-state index >= 15 is 0 Å². The first-order valence-corrected chi connectivity index (χ1v) is 7.33. The van der Waals surface area contributed by atoms with Crippen molar-refractivity contribution >= 4 is 17.4 Å². The highest BCUT2D eigenvalue weighted by Gasteiger charge is 2.18. The van der Waals surface area contributed by atoms with E-state index in [1.165, 1.54) is 12.3 Å². The lowest BCUT2D eigenvalue weighted by Crippen LogP contribution is -2.01. The number of rotatable bonds is 4. The molecule has 7 nitrogen and oxygen atoms in total. The van der Waals surface area contributed by atoms with Crippen LogP contribution in [-0.4, -0.2) is 23.1 Å². The number of nitrogens with zero attached hydrogens (tertiary/aromatic N) is 2. The normalized spacial score (nSPS) is 13.3. The van der Waals surface area contributed by atoms with Crippen LogP contribution in [0.2, 0.25) is 5.02 Å². The Bertz CT molecular complexity index is 738. The summed E-state index contributed by atoms with van der Waals surface area (Å²) in [5, 5.41) is 11.3. The summed E-state index contributed by atoms with van der Waals surface area (Å²) in [4.78, 5) is 14.0. The zero-order chi connectivity index (χ0) is 16.2. The summed E-state index contributed by atoms with van der Waals surface area (Å²) in [6, 6.07) is 6.52. The first kappa shape index (κ1) is 15.4. The minimum absolute atomic E-state index is 0.0979. The second kappa shape index (κ2) is 6.70. The largest absolute Gasteiger partial charge is 0.489 e. The number of benzene rings is 1. The van der Waals surface area contributed by atoms with Crippen LogP contribution in [0.4, 0.5) is 5.82 Å². The molecule has 0 aliphatic carbocycles. The van der Waals surface area contributed by atoms with Gasteiger partial charge in [-0.3, -0.25) is 0 Å². The molecule has 2 aromatic rings. The molecule has 0 saturated heterocycles. The Morgan fingerprint density at radius 1 is 1.35 bits per heavy atom. The van der Waals surface area contributed by atoms with Crippen LogP contribution in [0.1, 0.15) is 12.0 Å². The van der Waals surface area contributed by atoms with Crippen LogP contribution < -0.4 is 14.2 Å². The van der Waals surface area contributed by atoms with Gasteiger partial charge in [0.1, 0.15) is 12.8 Å². The van der Waals surface area contributed by atoms with Gasteiger partial charge in [0.2, 0.25) is 5.75 Å². The van der Waals surface area contributed by atoms with Gasteiger partial charge in [-0.25, -0.2) is 0 Å². The molecule has 1 aromatic heterocycles. The predicted molar refractivity (Wildman–Crippen MR) is 82.3 cm³/mol. The summed E-state index contributed by atoms with van der Waals surface area (Å²) < 4.78 is 16.7. The molecule has 8 heteroatoms. The molecule has 1 aliphatic heterocycles. The Morgan fingerprint density at radius 2 is 2.17 bits per heavy atom. The molecule has 2 heterocycles. The molecular formula is C15H13ClN2O5. The number of nitro groups is 1. The Labute approximate surface area is 136 Å². The monoisotopic (exact) mass is 336 g/mol. The molecular weight excluding hydrogens is 324 g/mol. The van der Waals surface area contributed by atoms with Gasteiger partial charge in [-0.1, -0.05) is 11.6 Å². The first-order chi connectivity index (χ1) is 11.1. The summed E-state index contributed by atoms with van der Waals surface area (Å²) >= 11 is 6.20. The zero-order valence-corrected chi connectivity index (χ0v) is 12.8. The van der Waals surface area contributed by atoms with E-state index in [4.69, 9.17) is 25.8 Å². The molecule has 0 unspecified atom stereocenters. The molecule has 0 bridgehead atoms. The molecule has 0 atom stereocenters. The molecule has 3 rings (SSSR count). The van der Waals surface area contributed by atoms with Gasteiger partial charge in [0, 0.05) is 6.42 Å². The molecule has 0 saturated carbocycles. The first-order valence-electron chi connectivity index (χ1n) is 6.95. The Hall–Kier alpha value is -2.54. The number of halogens is 1. The van der Waals surface area contributed by atoms with Gasteiger partial charge in [0.15, 0.2) is 11.5 Å². The molecule has 0 spiro atoms. The van der Waals surface area contributed by atoms with Crippen LogP contribution in [0.5, 0.6) is 17.2 Å². The van der Waals surface area contributed by atoms with Crippen molar-refractivity contribution in [1.29, 1.82) is 0 Å². The van der Waals surface area contributed by atoms with Crippen molar-refractivity contribution in [3.63, 3.8) is 0 Å². The highest BCUT2D eigenvalue weighted by Crippen LogP contribution is 2.38. The van der Waals surface area contributed by atoms with Crippen LogP contribution in [-0.2, 0) is 6.61 Å². The SMILES string of the molecule is O=[N+]([O-])c1ncccc1OCc1cc(Cl)c2c(c1)OCCCO2. The van der Waals surface area contributed by atoms with Crippen molar-refractivity contribution < 1.29 is 19.1 Å². The van der Waals surface area contributed by atoms with Gasteiger partial charge >= 0.3 is 5.82 Å². The molecule has 0 radical (unpaired) electrons. The van der Waals surface area contributed by atoms with Crippen molar-refractivity contribution in [3.05, 3.63) is 51.2 Å². The Balaban J connectivity index is 1.80. The average molecular weight is 337 g/mol. The topological polar surface area (TPSA) is 83.7 Å². The fourth-order valence-electron chi connectivity index (χ4n) is 2.16. The van der Waals surface area contributed by atoms with E-state index in [1.54, 1.807) is 18.2 Å². The van der Waals surface area contributed by atoms with Gasteiger partial charge in [-0.2, -0.15) is 0 Å². The Kier molecular flexibility index (Phi) is 4.47. The maximum Gasteiger partial charge on any atom is 0.406 e. The van der Waals surface area contributed by atoms with Crippen molar-refractivity contribution in [2.45, 2.75) is 13.0 Å². The highest BCUT2D eigenvalue weighted by molar-refractivity contribution is 6.32. The van der Waals surface area contributed by atoms with Crippen LogP contribution in [0.15, 0.2) is 30.5 Å². The molecule has 23 heavy (non-hydrogen) atoms. The van der Waals surface area contributed by atoms with Crippen LogP contribution >= 0.6 is 11.6 Å². The van der Waals surface area contributed by atoms with E-state index < -0.39 is 4.92 Å². The summed E-state index contributed by atoms with van der Waals surface area (Å²) in [5.74, 6) is 0.836. The molecule has 120 valence electrons. The standard InChI is InChI=1S/C15H13ClN2O5/c16-11-7-10(8-13-14(11)22-6-2-5-21-13)9-23-12-3-1-4-17-15(12)18(19)20/h1,3-4,7-8H,2,5-6,9H2. The summed E-state index contributed by atoms with van der Waals surface area (Å²) in [7, 11) is 0. The second-order valence-corrected chi connectivity index (χ2v) is 5.23. The molecule has 1 aliphatic rings. The maximum atomic E-state index is 10.9. The van der Waals surface area contributed by atoms with Crippen molar-refractivity contribution in [2.75, 3.05) is 13.2 Å². The lowest BCUT2D eigenvalue weighted by molar-refractivity contribution is -0.390. The lowest BCUT2D eigenvalue weighted by atomic mass is 10.2. The van der Waals surface area contributed by atoms with Crippen molar-refractivity contribution in [3.8, 4) is 17.2 Å². The van der Waals surface area contributed by atoms with E-state index in [2.05, 4.69) is 4.98 Å². The van der Waals surface area contributed by atoms with Gasteiger partial charge < -0.3 is 24.3 Å². The quantitative estimate of drug-likeness (QED) is 0.628. The minimum Gasteiger partial charge on any atom is -0.489 e. The molecule has 1 aromatic carbocycles. The highest BCUT2D eigenvalue weighted by atomic mass is 35.5. The third-order valence-electron chi connectivity index (χ3n) is 3.18. The molecule has 0 amide bonds. The van der Waals surface area contributed by atoms with Gasteiger partial charge in [0.05, 0.1) is 18.2 Å². The van der Waals surface area contributed by atoms with E-state index in [9.17, 15) is 10.1 Å². The number of hydrogen-bond acceptors (Lipinski definition) is 6. The molecule has 0 fully saturated rings. The lowest BCUT2D eigenvalue weighted by Gasteiger charge is -2.12. The number of aromatic nitrogens is 1. The molecule has 0 N–H and O–H groups in total. The van der Waals surface area contributed by atoms with Gasteiger partial charge in [0.25, 0.3) is 0 Å². The average Bonchev–Trinajstić information content (AvgIpc) is 2.79. The van der Waals surface area contributed by atoms with Crippen LogP contribution in [0.25, 0.3) is 0 Å². The third-order valence-corrected chi connectivity index (χ3v) is 3.46. The number of ether oxygens (including phenoxy) is 3. The van der Waals surface area contributed by atoms with E-state index in [0.29, 0.717) is 29.7 Å².